The zero-order chi connectivity index (χ0) is 11.5. The zero-order valence-electron chi connectivity index (χ0n) is 9.66. The molecule has 0 radical (unpaired) electrons. The lowest BCUT2D eigenvalue weighted by Gasteiger charge is -2.07. The molecule has 3 nitrogen and oxygen atoms in total. The summed E-state index contributed by atoms with van der Waals surface area (Å²) in [5.74, 6) is 0.747. The Hall–Kier alpha value is -1.51. The Morgan fingerprint density at radius 3 is 2.94 bits per heavy atom. The first-order valence-electron chi connectivity index (χ1n) is 5.57. The number of ether oxygens (including phenoxy) is 2. The van der Waals surface area contributed by atoms with Gasteiger partial charge in [0.15, 0.2) is 0 Å². The molecule has 86 valence electrons. The molecule has 0 spiro atoms. The summed E-state index contributed by atoms with van der Waals surface area (Å²) in [4.78, 5) is 11.7. The number of fused-ring (bicyclic) bond motifs is 1. The van der Waals surface area contributed by atoms with Crippen LogP contribution in [0.2, 0.25) is 0 Å². The van der Waals surface area contributed by atoms with Crippen LogP contribution < -0.4 is 4.74 Å². The molecule has 3 heteroatoms. The molecule has 0 saturated heterocycles. The van der Waals surface area contributed by atoms with Crippen molar-refractivity contribution in [2.45, 2.75) is 19.8 Å². The first kappa shape index (κ1) is 11.0. The van der Waals surface area contributed by atoms with Gasteiger partial charge in [-0.2, -0.15) is 0 Å². The number of hydrogen-bond acceptors (Lipinski definition) is 3. The lowest BCUT2D eigenvalue weighted by molar-refractivity contribution is -0.147. The van der Waals surface area contributed by atoms with Crippen molar-refractivity contribution in [3.05, 3.63) is 29.3 Å². The van der Waals surface area contributed by atoms with Gasteiger partial charge in [-0.15, -0.1) is 0 Å². The fourth-order valence-electron chi connectivity index (χ4n) is 2.24. The summed E-state index contributed by atoms with van der Waals surface area (Å²) in [7, 11) is 1.66. The first-order valence-corrected chi connectivity index (χ1v) is 5.57. The van der Waals surface area contributed by atoms with Crippen molar-refractivity contribution in [2.24, 2.45) is 5.92 Å². The van der Waals surface area contributed by atoms with Crippen LogP contribution in [-0.2, 0) is 22.4 Å². The minimum atomic E-state index is -0.0965. The molecular formula is C13H16O3. The number of rotatable bonds is 3. The van der Waals surface area contributed by atoms with Crippen molar-refractivity contribution in [3.63, 3.8) is 0 Å². The van der Waals surface area contributed by atoms with Crippen LogP contribution in [-0.4, -0.2) is 19.7 Å². The first-order chi connectivity index (χ1) is 7.76. The summed E-state index contributed by atoms with van der Waals surface area (Å²) in [5, 5.41) is 0. The molecule has 16 heavy (non-hydrogen) atoms. The highest BCUT2D eigenvalue weighted by atomic mass is 16.5. The van der Waals surface area contributed by atoms with Crippen LogP contribution in [0.15, 0.2) is 18.2 Å². The Balaban J connectivity index is 2.17. The Morgan fingerprint density at radius 1 is 1.44 bits per heavy atom. The summed E-state index contributed by atoms with van der Waals surface area (Å²) >= 11 is 0. The molecule has 1 atom stereocenters. The molecule has 1 aliphatic rings. The average Bonchev–Trinajstić information content (AvgIpc) is 2.72. The number of hydrogen-bond donors (Lipinski definition) is 0. The van der Waals surface area contributed by atoms with Gasteiger partial charge in [-0.25, -0.2) is 0 Å². The molecule has 0 N–H and O–H groups in total. The Labute approximate surface area is 95.4 Å². The summed E-state index contributed by atoms with van der Waals surface area (Å²) < 4.78 is 10.3. The predicted octanol–water partition coefficient (Wildman–Crippen LogP) is 1.97. The Bertz CT molecular complexity index is 398. The number of carbonyl (C=O) groups is 1. The number of carbonyl (C=O) groups excluding carboxylic acids is 1. The van der Waals surface area contributed by atoms with Crippen molar-refractivity contribution < 1.29 is 14.3 Å². The summed E-state index contributed by atoms with van der Waals surface area (Å²) in [5.41, 5.74) is 2.36. The third-order valence-corrected chi connectivity index (χ3v) is 2.99. The summed E-state index contributed by atoms with van der Waals surface area (Å²) in [6, 6.07) is 5.95. The van der Waals surface area contributed by atoms with Gasteiger partial charge in [0.1, 0.15) is 5.75 Å². The molecule has 0 aromatic heterocycles. The van der Waals surface area contributed by atoms with E-state index in [0.29, 0.717) is 6.61 Å². The van der Waals surface area contributed by atoms with Crippen LogP contribution in [0.1, 0.15) is 18.1 Å². The highest BCUT2D eigenvalue weighted by molar-refractivity contribution is 5.75. The van der Waals surface area contributed by atoms with E-state index in [0.717, 1.165) is 24.2 Å². The third kappa shape index (κ3) is 1.90. The van der Waals surface area contributed by atoms with E-state index in [1.165, 1.54) is 5.56 Å². The molecule has 0 aliphatic heterocycles. The molecule has 2 rings (SSSR count). The van der Waals surface area contributed by atoms with Gasteiger partial charge in [-0.1, -0.05) is 12.1 Å². The topological polar surface area (TPSA) is 35.5 Å². The largest absolute Gasteiger partial charge is 0.496 e. The molecule has 0 bridgehead atoms. The summed E-state index contributed by atoms with van der Waals surface area (Å²) in [6.45, 7) is 2.28. The minimum Gasteiger partial charge on any atom is -0.496 e. The van der Waals surface area contributed by atoms with Crippen LogP contribution in [0.5, 0.6) is 5.75 Å². The van der Waals surface area contributed by atoms with Gasteiger partial charge in [0.2, 0.25) is 0 Å². The van der Waals surface area contributed by atoms with Crippen LogP contribution >= 0.6 is 0 Å². The van der Waals surface area contributed by atoms with E-state index >= 15 is 0 Å². The minimum absolute atomic E-state index is 0.0359. The third-order valence-electron chi connectivity index (χ3n) is 2.99. The smallest absolute Gasteiger partial charge is 0.309 e. The molecular weight excluding hydrogens is 204 g/mol. The van der Waals surface area contributed by atoms with Crippen LogP contribution in [0.4, 0.5) is 0 Å². The highest BCUT2D eigenvalue weighted by Crippen LogP contribution is 2.34. The second-order valence-electron chi connectivity index (χ2n) is 3.96. The second-order valence-corrected chi connectivity index (χ2v) is 3.96. The van der Waals surface area contributed by atoms with Crippen molar-refractivity contribution >= 4 is 5.97 Å². The molecule has 0 heterocycles. The lowest BCUT2D eigenvalue weighted by Crippen LogP contribution is -2.17. The van der Waals surface area contributed by atoms with Crippen molar-refractivity contribution in [2.75, 3.05) is 13.7 Å². The molecule has 0 amide bonds. The van der Waals surface area contributed by atoms with Gasteiger partial charge >= 0.3 is 5.97 Å². The molecule has 1 unspecified atom stereocenters. The fourth-order valence-corrected chi connectivity index (χ4v) is 2.24. The van der Waals surface area contributed by atoms with Gasteiger partial charge in [-0.3, -0.25) is 4.79 Å². The molecule has 1 aromatic rings. The maximum atomic E-state index is 11.7. The number of methoxy groups -OCH3 is 1. The average molecular weight is 220 g/mol. The standard InChI is InChI=1S/C13H16O3/c1-3-16-13(14)10-7-9-5-4-6-12(15-2)11(9)8-10/h4-6,10H,3,7-8H2,1-2H3. The quantitative estimate of drug-likeness (QED) is 0.731. The monoisotopic (exact) mass is 220 g/mol. The number of esters is 1. The van der Waals surface area contributed by atoms with E-state index in [9.17, 15) is 4.79 Å². The van der Waals surface area contributed by atoms with Gasteiger partial charge in [0.05, 0.1) is 19.6 Å². The number of benzene rings is 1. The van der Waals surface area contributed by atoms with Crippen molar-refractivity contribution in [3.8, 4) is 5.75 Å². The Morgan fingerprint density at radius 2 is 2.25 bits per heavy atom. The predicted molar refractivity (Wildman–Crippen MR) is 60.5 cm³/mol. The van der Waals surface area contributed by atoms with Crippen LogP contribution in [0, 0.1) is 5.92 Å². The zero-order valence-corrected chi connectivity index (χ0v) is 9.66. The van der Waals surface area contributed by atoms with Gasteiger partial charge in [0, 0.05) is 0 Å². The van der Waals surface area contributed by atoms with Crippen LogP contribution in [0.3, 0.4) is 0 Å². The van der Waals surface area contributed by atoms with Crippen LogP contribution in [0.25, 0.3) is 0 Å². The maximum Gasteiger partial charge on any atom is 0.309 e. The Kier molecular flexibility index (Phi) is 3.13. The van der Waals surface area contributed by atoms with E-state index in [1.54, 1.807) is 7.11 Å². The van der Waals surface area contributed by atoms with E-state index in [-0.39, 0.29) is 11.9 Å². The molecule has 1 aromatic carbocycles. The van der Waals surface area contributed by atoms with E-state index in [2.05, 4.69) is 6.07 Å². The highest BCUT2D eigenvalue weighted by Gasteiger charge is 2.30. The SMILES string of the molecule is CCOC(=O)C1Cc2cccc(OC)c2C1. The molecule has 0 fully saturated rings. The fraction of sp³-hybridized carbons (Fsp3) is 0.462. The van der Waals surface area contributed by atoms with Crippen molar-refractivity contribution in [1.82, 2.24) is 0 Å². The van der Waals surface area contributed by atoms with Gasteiger partial charge < -0.3 is 9.47 Å². The van der Waals surface area contributed by atoms with Crippen molar-refractivity contribution in [1.29, 1.82) is 0 Å². The second kappa shape index (κ2) is 4.56. The normalized spacial score (nSPS) is 18.0. The van der Waals surface area contributed by atoms with Gasteiger partial charge in [0.25, 0.3) is 0 Å². The van der Waals surface area contributed by atoms with E-state index in [4.69, 9.17) is 9.47 Å². The van der Waals surface area contributed by atoms with Gasteiger partial charge in [-0.05, 0) is 37.0 Å². The molecule has 1 aliphatic carbocycles. The lowest BCUT2D eigenvalue weighted by atomic mass is 10.1. The summed E-state index contributed by atoms with van der Waals surface area (Å²) in [6.07, 6.45) is 1.50. The molecule has 0 saturated carbocycles. The van der Waals surface area contributed by atoms with E-state index < -0.39 is 0 Å². The van der Waals surface area contributed by atoms with E-state index in [1.807, 2.05) is 19.1 Å². The maximum absolute atomic E-state index is 11.7.